The van der Waals surface area contributed by atoms with Crippen molar-refractivity contribution in [3.8, 4) is 0 Å². The van der Waals surface area contributed by atoms with Crippen molar-refractivity contribution < 1.29 is 4.79 Å². The van der Waals surface area contributed by atoms with Crippen molar-refractivity contribution in [3.63, 3.8) is 0 Å². The van der Waals surface area contributed by atoms with E-state index in [0.717, 1.165) is 38.9 Å². The van der Waals surface area contributed by atoms with Crippen molar-refractivity contribution in [3.05, 3.63) is 89.5 Å². The summed E-state index contributed by atoms with van der Waals surface area (Å²) in [6, 6.07) is 23.9. The van der Waals surface area contributed by atoms with Gasteiger partial charge in [0.15, 0.2) is 0 Å². The first-order valence-electron chi connectivity index (χ1n) is 9.88. The molecule has 3 aromatic carbocycles. The SMILES string of the molecule is Cc1ccc(NC(=O)CSC2=Nc3ccccc3N=C(c3ccccc3)C2)cc1C. The second-order valence-corrected chi connectivity index (χ2v) is 8.28. The van der Waals surface area contributed by atoms with Gasteiger partial charge in [-0.25, -0.2) is 4.99 Å². The van der Waals surface area contributed by atoms with Crippen LogP contribution >= 0.6 is 11.8 Å². The number of fused-ring (bicyclic) bond motifs is 1. The van der Waals surface area contributed by atoms with Gasteiger partial charge in [-0.2, -0.15) is 0 Å². The van der Waals surface area contributed by atoms with E-state index in [1.165, 1.54) is 17.3 Å². The molecule has 0 spiro atoms. The lowest BCUT2D eigenvalue weighted by Crippen LogP contribution is -2.16. The summed E-state index contributed by atoms with van der Waals surface area (Å²) in [5.41, 5.74) is 6.91. The molecule has 3 aromatic rings. The van der Waals surface area contributed by atoms with E-state index in [-0.39, 0.29) is 5.91 Å². The predicted octanol–water partition coefficient (Wildman–Crippen LogP) is 6.23. The second-order valence-electron chi connectivity index (χ2n) is 7.23. The number of hydrogen-bond acceptors (Lipinski definition) is 4. The Kier molecular flexibility index (Phi) is 6.10. The summed E-state index contributed by atoms with van der Waals surface area (Å²) in [4.78, 5) is 22.2. The minimum Gasteiger partial charge on any atom is -0.325 e. The highest BCUT2D eigenvalue weighted by molar-refractivity contribution is 8.14. The molecular weight excluding hydrogens is 390 g/mol. The normalized spacial score (nSPS) is 13.0. The van der Waals surface area contributed by atoms with Crippen molar-refractivity contribution in [1.82, 2.24) is 0 Å². The first-order chi connectivity index (χ1) is 14.6. The lowest BCUT2D eigenvalue weighted by atomic mass is 10.1. The number of hydrogen-bond donors (Lipinski definition) is 1. The Bertz CT molecular complexity index is 1140. The fraction of sp³-hybridized carbons (Fsp3) is 0.160. The molecule has 0 atom stereocenters. The molecule has 0 bridgehead atoms. The van der Waals surface area contributed by atoms with Gasteiger partial charge in [0.2, 0.25) is 5.91 Å². The topological polar surface area (TPSA) is 53.8 Å². The number of aliphatic imine (C=N–C) groups is 2. The third kappa shape index (κ3) is 4.86. The molecule has 4 nitrogen and oxygen atoms in total. The number of amides is 1. The van der Waals surface area contributed by atoms with Crippen LogP contribution in [-0.4, -0.2) is 22.4 Å². The number of anilines is 1. The third-order valence-corrected chi connectivity index (χ3v) is 5.94. The van der Waals surface area contributed by atoms with E-state index in [1.807, 2.05) is 67.6 Å². The Balaban J connectivity index is 1.50. The second kappa shape index (κ2) is 9.09. The van der Waals surface area contributed by atoms with E-state index in [4.69, 9.17) is 9.98 Å². The van der Waals surface area contributed by atoms with Crippen molar-refractivity contribution in [2.75, 3.05) is 11.1 Å². The Morgan fingerprint density at radius 1 is 0.900 bits per heavy atom. The molecule has 1 aliphatic rings. The summed E-state index contributed by atoms with van der Waals surface area (Å²) in [7, 11) is 0. The Labute approximate surface area is 181 Å². The van der Waals surface area contributed by atoms with Crippen molar-refractivity contribution in [1.29, 1.82) is 0 Å². The summed E-state index contributed by atoms with van der Waals surface area (Å²) < 4.78 is 0. The summed E-state index contributed by atoms with van der Waals surface area (Å²) in [6.45, 7) is 4.10. The Hall–Kier alpha value is -3.18. The van der Waals surface area contributed by atoms with Crippen LogP contribution in [0.15, 0.2) is 82.8 Å². The number of aryl methyl sites for hydroxylation is 2. The summed E-state index contributed by atoms with van der Waals surface area (Å²) in [5.74, 6) is 0.261. The number of benzene rings is 3. The van der Waals surface area contributed by atoms with Gasteiger partial charge in [-0.15, -0.1) is 11.8 Å². The Morgan fingerprint density at radius 2 is 1.60 bits per heavy atom. The first kappa shape index (κ1) is 20.1. The highest BCUT2D eigenvalue weighted by Crippen LogP contribution is 2.33. The molecule has 30 heavy (non-hydrogen) atoms. The van der Waals surface area contributed by atoms with Gasteiger partial charge in [-0.3, -0.25) is 9.79 Å². The standard InChI is InChI=1S/C25H23N3OS/c1-17-12-13-20(14-18(17)2)26-24(29)16-30-25-15-23(19-8-4-3-5-9-19)27-21-10-6-7-11-22(21)28-25/h3-14H,15-16H2,1-2H3,(H,26,29). The molecule has 150 valence electrons. The summed E-state index contributed by atoms with van der Waals surface area (Å²) in [6.07, 6.45) is 0.597. The van der Waals surface area contributed by atoms with Crippen molar-refractivity contribution in [2.24, 2.45) is 9.98 Å². The van der Waals surface area contributed by atoms with E-state index in [9.17, 15) is 4.79 Å². The van der Waals surface area contributed by atoms with Gasteiger partial charge in [0, 0.05) is 12.1 Å². The number of thioether (sulfide) groups is 1. The van der Waals surface area contributed by atoms with Crippen LogP contribution in [0.3, 0.4) is 0 Å². The summed E-state index contributed by atoms with van der Waals surface area (Å²) >= 11 is 1.46. The van der Waals surface area contributed by atoms with Gasteiger partial charge in [0.25, 0.3) is 0 Å². The molecule has 0 radical (unpaired) electrons. The largest absolute Gasteiger partial charge is 0.325 e. The molecule has 0 saturated carbocycles. The van der Waals surface area contributed by atoms with Gasteiger partial charge < -0.3 is 5.32 Å². The monoisotopic (exact) mass is 413 g/mol. The van der Waals surface area contributed by atoms with Gasteiger partial charge in [-0.05, 0) is 54.8 Å². The Morgan fingerprint density at radius 3 is 2.33 bits per heavy atom. The molecule has 0 aliphatic carbocycles. The van der Waals surface area contributed by atoms with Crippen LogP contribution in [0.2, 0.25) is 0 Å². The minimum absolute atomic E-state index is 0.0401. The molecule has 1 amide bonds. The van der Waals surface area contributed by atoms with Crippen LogP contribution in [0.5, 0.6) is 0 Å². The van der Waals surface area contributed by atoms with E-state index >= 15 is 0 Å². The van der Waals surface area contributed by atoms with Gasteiger partial charge >= 0.3 is 0 Å². The molecular formula is C25H23N3OS. The molecule has 4 rings (SSSR count). The van der Waals surface area contributed by atoms with Crippen molar-refractivity contribution >= 4 is 45.5 Å². The third-order valence-electron chi connectivity index (χ3n) is 4.97. The molecule has 5 heteroatoms. The van der Waals surface area contributed by atoms with E-state index in [1.54, 1.807) is 0 Å². The number of para-hydroxylation sites is 2. The average molecular weight is 414 g/mol. The lowest BCUT2D eigenvalue weighted by Gasteiger charge is -2.09. The highest BCUT2D eigenvalue weighted by Gasteiger charge is 2.16. The quantitative estimate of drug-likeness (QED) is 0.551. The highest BCUT2D eigenvalue weighted by atomic mass is 32.2. The van der Waals surface area contributed by atoms with Gasteiger partial charge in [-0.1, -0.05) is 48.5 Å². The average Bonchev–Trinajstić information content (AvgIpc) is 2.95. The smallest absolute Gasteiger partial charge is 0.234 e. The zero-order chi connectivity index (χ0) is 20.9. The first-order valence-corrected chi connectivity index (χ1v) is 10.9. The molecule has 0 aromatic heterocycles. The van der Waals surface area contributed by atoms with E-state index in [2.05, 4.69) is 24.4 Å². The van der Waals surface area contributed by atoms with Crippen LogP contribution < -0.4 is 5.32 Å². The van der Waals surface area contributed by atoms with Gasteiger partial charge in [0.1, 0.15) is 0 Å². The van der Waals surface area contributed by atoms with E-state index in [0.29, 0.717) is 12.2 Å². The van der Waals surface area contributed by atoms with Crippen LogP contribution in [0.4, 0.5) is 17.1 Å². The lowest BCUT2D eigenvalue weighted by molar-refractivity contribution is -0.113. The maximum absolute atomic E-state index is 12.5. The van der Waals surface area contributed by atoms with Crippen LogP contribution in [0.25, 0.3) is 0 Å². The molecule has 0 fully saturated rings. The number of carbonyl (C=O) groups excluding carboxylic acids is 1. The molecule has 1 aliphatic heterocycles. The predicted molar refractivity (Wildman–Crippen MR) is 128 cm³/mol. The maximum Gasteiger partial charge on any atom is 0.234 e. The van der Waals surface area contributed by atoms with Crippen molar-refractivity contribution in [2.45, 2.75) is 20.3 Å². The maximum atomic E-state index is 12.5. The van der Waals surface area contributed by atoms with E-state index < -0.39 is 0 Å². The zero-order valence-electron chi connectivity index (χ0n) is 17.1. The molecule has 1 N–H and O–H groups in total. The van der Waals surface area contributed by atoms with Crippen LogP contribution in [-0.2, 0) is 4.79 Å². The minimum atomic E-state index is -0.0401. The fourth-order valence-corrected chi connectivity index (χ4v) is 3.97. The number of nitrogens with zero attached hydrogens (tertiary/aromatic N) is 2. The van der Waals surface area contributed by atoms with Crippen LogP contribution in [0, 0.1) is 13.8 Å². The zero-order valence-corrected chi connectivity index (χ0v) is 17.9. The number of carbonyl (C=O) groups is 1. The molecule has 1 heterocycles. The number of nitrogens with one attached hydrogen (secondary N) is 1. The van der Waals surface area contributed by atoms with Crippen LogP contribution in [0.1, 0.15) is 23.1 Å². The fourth-order valence-electron chi connectivity index (χ4n) is 3.20. The molecule has 0 unspecified atom stereocenters. The van der Waals surface area contributed by atoms with Gasteiger partial charge in [0.05, 0.1) is 27.9 Å². The molecule has 0 saturated heterocycles. The summed E-state index contributed by atoms with van der Waals surface area (Å²) in [5, 5.41) is 3.87. The number of rotatable bonds is 4.